The van der Waals surface area contributed by atoms with E-state index in [4.69, 9.17) is 17.0 Å². The van der Waals surface area contributed by atoms with Crippen LogP contribution in [-0.2, 0) is 0 Å². The van der Waals surface area contributed by atoms with Crippen molar-refractivity contribution in [2.75, 3.05) is 7.05 Å². The number of allylic oxidation sites excluding steroid dienone is 4. The Balaban J connectivity index is 2.07. The first-order valence-corrected chi connectivity index (χ1v) is 9.53. The van der Waals surface area contributed by atoms with Crippen LogP contribution in [0.4, 0.5) is 4.39 Å². The second-order valence-corrected chi connectivity index (χ2v) is 7.24. The van der Waals surface area contributed by atoms with Crippen LogP contribution in [0.1, 0.15) is 24.3 Å². The largest absolute Gasteiger partial charge is 0.312 e. The van der Waals surface area contributed by atoms with Crippen molar-refractivity contribution in [3.05, 3.63) is 69.4 Å². The molecule has 0 aliphatic heterocycles. The predicted molar refractivity (Wildman–Crippen MR) is 117 cm³/mol. The minimum atomic E-state index is -0.370. The molecule has 29 heavy (non-hydrogen) atoms. The summed E-state index contributed by atoms with van der Waals surface area (Å²) >= 11 is 6.01. The average Bonchev–Trinajstić information content (AvgIpc) is 2.73. The number of benzene rings is 1. The quantitative estimate of drug-likeness (QED) is 0.485. The van der Waals surface area contributed by atoms with E-state index in [-0.39, 0.29) is 28.8 Å². The summed E-state index contributed by atoms with van der Waals surface area (Å²) in [5.41, 5.74) is 2.72. The number of nitrogens with one attached hydrogen (secondary N) is 1. The first-order chi connectivity index (χ1) is 14.0. The first-order valence-electron chi connectivity index (χ1n) is 9.16. The van der Waals surface area contributed by atoms with Crippen molar-refractivity contribution < 1.29 is 4.39 Å². The first kappa shape index (κ1) is 19.2. The van der Waals surface area contributed by atoms with Crippen LogP contribution in [-0.4, -0.2) is 29.0 Å². The van der Waals surface area contributed by atoms with Gasteiger partial charge in [-0.05, 0) is 36.3 Å². The zero-order valence-electron chi connectivity index (χ0n) is 15.7. The summed E-state index contributed by atoms with van der Waals surface area (Å²) in [4.78, 5) is 21.4. The van der Waals surface area contributed by atoms with Crippen LogP contribution in [0.2, 0.25) is 0 Å². The third kappa shape index (κ3) is 3.40. The monoisotopic (exact) mass is 408 g/mol. The van der Waals surface area contributed by atoms with Crippen LogP contribution >= 0.6 is 11.6 Å². The second-order valence-electron chi connectivity index (χ2n) is 6.83. The molecule has 5 nitrogen and oxygen atoms in total. The Morgan fingerprint density at radius 2 is 2.14 bits per heavy atom. The Hall–Kier alpha value is -3.12. The van der Waals surface area contributed by atoms with Crippen molar-refractivity contribution in [1.29, 1.82) is 5.41 Å². The molecule has 0 saturated heterocycles. The molecule has 2 heterocycles. The predicted octanol–water partition coefficient (Wildman–Crippen LogP) is 5.04. The zero-order chi connectivity index (χ0) is 20.5. The van der Waals surface area contributed by atoms with Gasteiger partial charge in [-0.1, -0.05) is 17.7 Å². The molecule has 2 aromatic heterocycles. The maximum Gasteiger partial charge on any atom is 0.255 e. The van der Waals surface area contributed by atoms with Gasteiger partial charge in [-0.2, -0.15) is 0 Å². The van der Waals surface area contributed by atoms with Gasteiger partial charge >= 0.3 is 0 Å². The normalized spacial score (nSPS) is 15.9. The summed E-state index contributed by atoms with van der Waals surface area (Å²) in [6, 6.07) is 8.91. The summed E-state index contributed by atoms with van der Waals surface area (Å²) in [5.74, 6) is -0.644. The highest BCUT2D eigenvalue weighted by Crippen LogP contribution is 2.33. The van der Waals surface area contributed by atoms with E-state index in [9.17, 15) is 9.18 Å². The van der Waals surface area contributed by atoms with Crippen LogP contribution in [0.3, 0.4) is 0 Å². The Kier molecular flexibility index (Phi) is 5.11. The third-order valence-electron chi connectivity index (χ3n) is 5.06. The van der Waals surface area contributed by atoms with Crippen molar-refractivity contribution in [3.8, 4) is 0 Å². The Morgan fingerprint density at radius 3 is 2.86 bits per heavy atom. The van der Waals surface area contributed by atoms with E-state index in [2.05, 4.69) is 9.98 Å². The lowest BCUT2D eigenvalue weighted by Gasteiger charge is -2.18. The van der Waals surface area contributed by atoms with Gasteiger partial charge in [0.1, 0.15) is 5.83 Å². The Labute approximate surface area is 171 Å². The maximum absolute atomic E-state index is 13.8. The molecule has 1 atom stereocenters. The van der Waals surface area contributed by atoms with E-state index < -0.39 is 0 Å². The molecule has 0 saturated carbocycles. The van der Waals surface area contributed by atoms with E-state index >= 15 is 0 Å². The van der Waals surface area contributed by atoms with Crippen LogP contribution in [0.15, 0.2) is 63.3 Å². The highest BCUT2D eigenvalue weighted by Gasteiger charge is 2.18. The van der Waals surface area contributed by atoms with Crippen LogP contribution in [0, 0.1) is 5.41 Å². The van der Waals surface area contributed by atoms with Crippen molar-refractivity contribution >= 4 is 51.5 Å². The highest BCUT2D eigenvalue weighted by atomic mass is 35.5. The van der Waals surface area contributed by atoms with E-state index in [0.717, 1.165) is 21.9 Å². The average molecular weight is 409 g/mol. The van der Waals surface area contributed by atoms with Crippen LogP contribution in [0.25, 0.3) is 27.5 Å². The number of nitrogens with zero attached hydrogens (tertiary/aromatic N) is 3. The molecule has 0 bridgehead atoms. The smallest absolute Gasteiger partial charge is 0.255 e. The molecule has 0 fully saturated rings. The fourth-order valence-electron chi connectivity index (χ4n) is 3.64. The Morgan fingerprint density at radius 1 is 1.31 bits per heavy atom. The number of fused-ring (bicyclic) bond motifs is 3. The van der Waals surface area contributed by atoms with Gasteiger partial charge in [-0.3, -0.25) is 19.3 Å². The molecule has 7 heteroatoms. The Bertz CT molecular complexity index is 1290. The third-order valence-corrected chi connectivity index (χ3v) is 5.37. The maximum atomic E-state index is 13.8. The molecule has 1 unspecified atom stereocenters. The van der Waals surface area contributed by atoms with Gasteiger partial charge < -0.3 is 5.41 Å². The number of hydrogen-bond acceptors (Lipinski definition) is 4. The van der Waals surface area contributed by atoms with E-state index in [1.165, 1.54) is 18.4 Å². The number of halogens is 2. The fraction of sp³-hybridized carbons (Fsp3) is 0.182. The molecule has 1 aliphatic carbocycles. The number of pyridine rings is 2. The van der Waals surface area contributed by atoms with Gasteiger partial charge in [-0.25, -0.2) is 4.39 Å². The van der Waals surface area contributed by atoms with Gasteiger partial charge in [0.25, 0.3) is 5.56 Å². The topological polar surface area (TPSA) is 71.1 Å². The van der Waals surface area contributed by atoms with E-state index in [1.54, 1.807) is 30.1 Å². The number of aliphatic imine (C=N–C) groups is 1. The second kappa shape index (κ2) is 7.72. The summed E-state index contributed by atoms with van der Waals surface area (Å²) in [6.07, 6.45) is 6.77. The molecule has 1 aliphatic rings. The molecule has 3 aromatic rings. The van der Waals surface area contributed by atoms with Gasteiger partial charge in [-0.15, -0.1) is 0 Å². The zero-order valence-corrected chi connectivity index (χ0v) is 16.4. The summed E-state index contributed by atoms with van der Waals surface area (Å²) < 4.78 is 15.3. The fourth-order valence-corrected chi connectivity index (χ4v) is 3.86. The molecular formula is C22H18ClFN4O. The summed E-state index contributed by atoms with van der Waals surface area (Å²) in [6.45, 7) is 0. The molecule has 1 aromatic carbocycles. The van der Waals surface area contributed by atoms with Gasteiger partial charge in [0.05, 0.1) is 22.0 Å². The lowest BCUT2D eigenvalue weighted by molar-refractivity contribution is 0.583. The molecule has 0 radical (unpaired) electrons. The van der Waals surface area contributed by atoms with Gasteiger partial charge in [0.2, 0.25) is 0 Å². The standard InChI is InChI=1S/C22H18ClFN4O/c1-26-11-15(10-25)13-2-6-20-17(8-13)22-14(12-27-20)3-7-21(29)28(22)16-4-5-19(24)18(23)9-16/h2-3,6-12,15,25H,4-5H2,1H3. The van der Waals surface area contributed by atoms with Crippen LogP contribution in [0.5, 0.6) is 0 Å². The van der Waals surface area contributed by atoms with Crippen molar-refractivity contribution in [2.45, 2.75) is 18.8 Å². The highest BCUT2D eigenvalue weighted by molar-refractivity contribution is 6.32. The molecule has 0 amide bonds. The summed E-state index contributed by atoms with van der Waals surface area (Å²) in [7, 11) is 1.66. The number of rotatable bonds is 4. The minimum Gasteiger partial charge on any atom is -0.312 e. The van der Waals surface area contributed by atoms with Crippen molar-refractivity contribution in [2.24, 2.45) is 4.99 Å². The summed E-state index contributed by atoms with van der Waals surface area (Å²) in [5, 5.41) is 9.29. The van der Waals surface area contributed by atoms with E-state index in [1.807, 2.05) is 18.2 Å². The molecule has 0 spiro atoms. The lowest BCUT2D eigenvalue weighted by atomic mass is 9.98. The molecule has 146 valence electrons. The van der Waals surface area contributed by atoms with Crippen LogP contribution < -0.4 is 5.56 Å². The van der Waals surface area contributed by atoms with Crippen molar-refractivity contribution in [1.82, 2.24) is 9.55 Å². The van der Waals surface area contributed by atoms with Crippen molar-refractivity contribution in [3.63, 3.8) is 0 Å². The molecular weight excluding hydrogens is 391 g/mol. The minimum absolute atomic E-state index is 0.0252. The molecule has 1 N–H and O–H groups in total. The molecule has 4 rings (SSSR count). The van der Waals surface area contributed by atoms with Gasteiger partial charge in [0, 0.05) is 54.6 Å². The SMILES string of the molecule is CN=CC(C=N)c1ccc2ncc3ccc(=O)n(C4=CC(Cl)=C(F)CC4)c3c2c1. The van der Waals surface area contributed by atoms with E-state index in [0.29, 0.717) is 17.6 Å². The lowest BCUT2D eigenvalue weighted by Crippen LogP contribution is -2.20. The number of hydrogen-bond donors (Lipinski definition) is 1. The van der Waals surface area contributed by atoms with Gasteiger partial charge in [0.15, 0.2) is 0 Å². The number of aromatic nitrogens is 2.